The van der Waals surface area contributed by atoms with Gasteiger partial charge in [0.25, 0.3) is 0 Å². The second-order valence-corrected chi connectivity index (χ2v) is 8.45. The van der Waals surface area contributed by atoms with Gasteiger partial charge in [-0.3, -0.25) is 9.59 Å². The molecule has 0 saturated heterocycles. The SMILES string of the molecule is CN(C)c1ccc(/C=N\NC(=O)CCCC(=O)N/N=C/c2ccc(N(C)C)cc2Cl)c(Cl)c1. The minimum atomic E-state index is -0.295. The number of halogens is 2. The van der Waals surface area contributed by atoms with Crippen molar-refractivity contribution in [3.8, 4) is 0 Å². The van der Waals surface area contributed by atoms with Crippen LogP contribution in [0.3, 0.4) is 0 Å². The fourth-order valence-electron chi connectivity index (χ4n) is 2.67. The predicted molar refractivity (Wildman–Crippen MR) is 137 cm³/mol. The van der Waals surface area contributed by atoms with Crippen molar-refractivity contribution in [2.24, 2.45) is 10.2 Å². The number of carbonyl (C=O) groups is 2. The normalized spacial score (nSPS) is 11.1. The van der Waals surface area contributed by atoms with Gasteiger partial charge in [-0.2, -0.15) is 10.2 Å². The Balaban J connectivity index is 1.71. The van der Waals surface area contributed by atoms with E-state index in [1.165, 1.54) is 12.4 Å². The molecule has 0 fully saturated rings. The third kappa shape index (κ3) is 8.75. The molecule has 0 atom stereocenters. The number of carbonyl (C=O) groups excluding carboxylic acids is 2. The zero-order chi connectivity index (χ0) is 24.4. The van der Waals surface area contributed by atoms with E-state index < -0.39 is 0 Å². The highest BCUT2D eigenvalue weighted by atomic mass is 35.5. The Bertz CT molecular complexity index is 956. The molecule has 0 spiro atoms. The maximum Gasteiger partial charge on any atom is 0.240 e. The summed E-state index contributed by atoms with van der Waals surface area (Å²) in [6.07, 6.45) is 3.63. The topological polar surface area (TPSA) is 89.4 Å². The Hall–Kier alpha value is -3.10. The molecule has 0 radical (unpaired) electrons. The number of nitrogens with one attached hydrogen (secondary N) is 2. The van der Waals surface area contributed by atoms with E-state index in [0.717, 1.165) is 11.4 Å². The summed E-state index contributed by atoms with van der Waals surface area (Å²) in [4.78, 5) is 27.7. The van der Waals surface area contributed by atoms with E-state index in [0.29, 0.717) is 27.6 Å². The average Bonchev–Trinajstić information content (AvgIpc) is 2.75. The number of benzene rings is 2. The summed E-state index contributed by atoms with van der Waals surface area (Å²) < 4.78 is 0. The number of anilines is 2. The molecule has 2 amide bonds. The molecule has 0 aliphatic heterocycles. The third-order valence-corrected chi connectivity index (χ3v) is 5.25. The van der Waals surface area contributed by atoms with Crippen LogP contribution in [0, 0.1) is 0 Å². The summed E-state index contributed by atoms with van der Waals surface area (Å²) in [6, 6.07) is 11.1. The first-order valence-corrected chi connectivity index (χ1v) is 11.0. The zero-order valence-electron chi connectivity index (χ0n) is 19.1. The van der Waals surface area contributed by atoms with Crippen LogP contribution in [0.1, 0.15) is 30.4 Å². The lowest BCUT2D eigenvalue weighted by atomic mass is 10.2. The van der Waals surface area contributed by atoms with Gasteiger partial charge in [-0.15, -0.1) is 0 Å². The molecular weight excluding hydrogens is 463 g/mol. The summed E-state index contributed by atoms with van der Waals surface area (Å²) in [5.41, 5.74) is 8.19. The number of nitrogens with zero attached hydrogens (tertiary/aromatic N) is 4. The van der Waals surface area contributed by atoms with Crippen molar-refractivity contribution < 1.29 is 9.59 Å². The standard InChI is InChI=1S/C23H28Cl2N6O2/c1-30(2)18-10-8-16(20(24)12-18)14-26-28-22(32)6-5-7-23(33)29-27-15-17-9-11-19(31(3)4)13-21(17)25/h8-15H,5-7H2,1-4H3,(H,28,32)(H,29,33)/b26-14-,27-15+. The molecule has 0 unspecified atom stereocenters. The highest BCUT2D eigenvalue weighted by Crippen LogP contribution is 2.22. The fourth-order valence-corrected chi connectivity index (χ4v) is 3.11. The number of amides is 2. The van der Waals surface area contributed by atoms with E-state index in [1.54, 1.807) is 0 Å². The Morgan fingerprint density at radius 2 is 1.18 bits per heavy atom. The van der Waals surface area contributed by atoms with Gasteiger partial charge in [-0.25, -0.2) is 10.9 Å². The van der Waals surface area contributed by atoms with Crippen molar-refractivity contribution >= 4 is 58.8 Å². The van der Waals surface area contributed by atoms with Crippen molar-refractivity contribution in [1.29, 1.82) is 0 Å². The van der Waals surface area contributed by atoms with Gasteiger partial charge in [-0.05, 0) is 42.8 Å². The van der Waals surface area contributed by atoms with Gasteiger partial charge in [0.2, 0.25) is 11.8 Å². The van der Waals surface area contributed by atoms with Crippen molar-refractivity contribution in [3.05, 3.63) is 57.6 Å². The first kappa shape index (κ1) is 26.2. The summed E-state index contributed by atoms with van der Waals surface area (Å²) in [7, 11) is 7.69. The van der Waals surface area contributed by atoms with Gasteiger partial charge < -0.3 is 9.80 Å². The van der Waals surface area contributed by atoms with E-state index in [9.17, 15) is 9.59 Å². The van der Waals surface area contributed by atoms with E-state index in [2.05, 4.69) is 21.1 Å². The fraction of sp³-hybridized carbons (Fsp3) is 0.304. The molecule has 0 bridgehead atoms. The van der Waals surface area contributed by atoms with Gasteiger partial charge in [0.15, 0.2) is 0 Å². The second kappa shape index (κ2) is 12.8. The van der Waals surface area contributed by atoms with Gasteiger partial charge in [-0.1, -0.05) is 23.2 Å². The molecular formula is C23H28Cl2N6O2. The lowest BCUT2D eigenvalue weighted by molar-refractivity contribution is -0.122. The number of hydrogen-bond donors (Lipinski definition) is 2. The molecule has 2 N–H and O–H groups in total. The molecule has 33 heavy (non-hydrogen) atoms. The summed E-state index contributed by atoms with van der Waals surface area (Å²) in [5.74, 6) is -0.590. The zero-order valence-corrected chi connectivity index (χ0v) is 20.6. The first-order chi connectivity index (χ1) is 15.7. The maximum atomic E-state index is 11.9. The molecule has 2 rings (SSSR count). The van der Waals surface area contributed by atoms with Gasteiger partial charge in [0.1, 0.15) is 0 Å². The van der Waals surface area contributed by atoms with Gasteiger partial charge in [0, 0.05) is 63.5 Å². The summed E-state index contributed by atoms with van der Waals surface area (Å²) in [5, 5.41) is 8.91. The monoisotopic (exact) mass is 490 g/mol. The molecule has 0 aliphatic carbocycles. The van der Waals surface area contributed by atoms with Crippen molar-refractivity contribution in [1.82, 2.24) is 10.9 Å². The van der Waals surface area contributed by atoms with Crippen LogP contribution >= 0.6 is 23.2 Å². The van der Waals surface area contributed by atoms with E-state index in [-0.39, 0.29) is 24.7 Å². The van der Waals surface area contributed by atoms with Crippen LogP contribution in [-0.2, 0) is 9.59 Å². The Labute approximate surface area is 204 Å². The average molecular weight is 491 g/mol. The van der Waals surface area contributed by atoms with Crippen molar-refractivity contribution in [3.63, 3.8) is 0 Å². The van der Waals surface area contributed by atoms with Crippen LogP contribution < -0.4 is 20.7 Å². The minimum absolute atomic E-state index is 0.152. The highest BCUT2D eigenvalue weighted by molar-refractivity contribution is 6.33. The lowest BCUT2D eigenvalue weighted by Gasteiger charge is -2.13. The Kier molecular flexibility index (Phi) is 10.2. The molecule has 0 aromatic heterocycles. The van der Waals surface area contributed by atoms with E-state index in [1.807, 2.05) is 74.4 Å². The van der Waals surface area contributed by atoms with Crippen LogP contribution in [-0.4, -0.2) is 52.4 Å². The first-order valence-electron chi connectivity index (χ1n) is 10.2. The lowest BCUT2D eigenvalue weighted by Crippen LogP contribution is -2.20. The van der Waals surface area contributed by atoms with Crippen LogP contribution in [0.4, 0.5) is 11.4 Å². The summed E-state index contributed by atoms with van der Waals surface area (Å²) >= 11 is 12.4. The van der Waals surface area contributed by atoms with Gasteiger partial charge >= 0.3 is 0 Å². The third-order valence-electron chi connectivity index (χ3n) is 4.59. The quantitative estimate of drug-likeness (QED) is 0.390. The molecule has 0 heterocycles. The molecule has 2 aromatic rings. The van der Waals surface area contributed by atoms with E-state index >= 15 is 0 Å². The smallest absolute Gasteiger partial charge is 0.240 e. The molecule has 2 aromatic carbocycles. The van der Waals surface area contributed by atoms with Crippen LogP contribution in [0.25, 0.3) is 0 Å². The molecule has 8 nitrogen and oxygen atoms in total. The second-order valence-electron chi connectivity index (χ2n) is 7.64. The molecule has 10 heteroatoms. The Morgan fingerprint density at radius 3 is 1.52 bits per heavy atom. The number of hydrazone groups is 2. The van der Waals surface area contributed by atoms with Crippen LogP contribution in [0.2, 0.25) is 10.0 Å². The van der Waals surface area contributed by atoms with Crippen molar-refractivity contribution in [2.45, 2.75) is 19.3 Å². The van der Waals surface area contributed by atoms with Gasteiger partial charge in [0.05, 0.1) is 22.5 Å². The molecule has 0 saturated carbocycles. The van der Waals surface area contributed by atoms with Crippen LogP contribution in [0.15, 0.2) is 46.6 Å². The maximum absolute atomic E-state index is 11.9. The van der Waals surface area contributed by atoms with Crippen LogP contribution in [0.5, 0.6) is 0 Å². The van der Waals surface area contributed by atoms with E-state index in [4.69, 9.17) is 23.2 Å². The largest absolute Gasteiger partial charge is 0.378 e. The molecule has 176 valence electrons. The minimum Gasteiger partial charge on any atom is -0.378 e. The Morgan fingerprint density at radius 1 is 0.788 bits per heavy atom. The summed E-state index contributed by atoms with van der Waals surface area (Å²) in [6.45, 7) is 0. The number of hydrogen-bond acceptors (Lipinski definition) is 6. The molecule has 0 aliphatic rings. The number of rotatable bonds is 10. The predicted octanol–water partition coefficient (Wildman–Crippen LogP) is 3.90. The highest BCUT2D eigenvalue weighted by Gasteiger charge is 2.06. The van der Waals surface area contributed by atoms with Crippen molar-refractivity contribution in [2.75, 3.05) is 38.0 Å².